The molecule has 0 atom stereocenters. The van der Waals surface area contributed by atoms with E-state index in [0.717, 1.165) is 17.1 Å². The maximum atomic E-state index is 14.3. The summed E-state index contributed by atoms with van der Waals surface area (Å²) in [4.78, 5) is 20.4. The van der Waals surface area contributed by atoms with Gasteiger partial charge in [-0.05, 0) is 50.2 Å². The largest absolute Gasteiger partial charge is 0.476 e. The number of halogens is 1. The van der Waals surface area contributed by atoms with Crippen molar-refractivity contribution in [3.63, 3.8) is 0 Å². The highest BCUT2D eigenvalue weighted by atomic mass is 19.1. The van der Waals surface area contributed by atoms with Gasteiger partial charge in [-0.25, -0.2) is 9.37 Å². The topological polar surface area (TPSA) is 117 Å². The fourth-order valence-electron chi connectivity index (χ4n) is 3.18. The highest BCUT2D eigenvalue weighted by molar-refractivity contribution is 6.00. The van der Waals surface area contributed by atoms with Crippen molar-refractivity contribution in [3.05, 3.63) is 54.6 Å². The van der Waals surface area contributed by atoms with E-state index in [2.05, 4.69) is 36.1 Å². The summed E-state index contributed by atoms with van der Waals surface area (Å²) in [6, 6.07) is 10.7. The zero-order valence-corrected chi connectivity index (χ0v) is 16.7. The third kappa shape index (κ3) is 3.59. The molecule has 1 aliphatic rings. The first-order chi connectivity index (χ1) is 14.9. The summed E-state index contributed by atoms with van der Waals surface area (Å²) in [5.74, 6) is -0.0613. The molecule has 4 aromatic rings. The van der Waals surface area contributed by atoms with Crippen LogP contribution in [0.25, 0.3) is 10.9 Å². The molecule has 0 saturated heterocycles. The smallest absolute Gasteiger partial charge is 0.268 e. The summed E-state index contributed by atoms with van der Waals surface area (Å²) in [5.41, 5.74) is 1.67. The van der Waals surface area contributed by atoms with Crippen molar-refractivity contribution in [1.29, 1.82) is 0 Å². The molecule has 2 aromatic heterocycles. The predicted molar refractivity (Wildman–Crippen MR) is 114 cm³/mol. The van der Waals surface area contributed by atoms with Crippen molar-refractivity contribution in [3.8, 4) is 5.75 Å². The van der Waals surface area contributed by atoms with Crippen LogP contribution in [0, 0.1) is 5.82 Å². The Balaban J connectivity index is 1.38. The van der Waals surface area contributed by atoms with Crippen LogP contribution in [0.2, 0.25) is 0 Å². The monoisotopic (exact) mass is 419 g/mol. The van der Waals surface area contributed by atoms with Crippen LogP contribution in [-0.2, 0) is 4.79 Å². The van der Waals surface area contributed by atoms with Crippen LogP contribution in [0.15, 0.2) is 48.8 Å². The predicted octanol–water partition coefficient (Wildman–Crippen LogP) is 4.09. The van der Waals surface area contributed by atoms with Crippen molar-refractivity contribution in [2.24, 2.45) is 0 Å². The van der Waals surface area contributed by atoms with Crippen LogP contribution in [-0.4, -0.2) is 31.7 Å². The minimum absolute atomic E-state index is 0.0210. The van der Waals surface area contributed by atoms with Crippen molar-refractivity contribution < 1.29 is 13.9 Å². The number of aromatic amines is 1. The van der Waals surface area contributed by atoms with Gasteiger partial charge >= 0.3 is 0 Å². The van der Waals surface area contributed by atoms with Gasteiger partial charge in [-0.15, -0.1) is 0 Å². The maximum Gasteiger partial charge on any atom is 0.268 e. The molecule has 0 aliphatic carbocycles. The summed E-state index contributed by atoms with van der Waals surface area (Å²) in [6.07, 6.45) is 2.79. The van der Waals surface area contributed by atoms with E-state index >= 15 is 0 Å². The molecule has 10 heteroatoms. The summed E-state index contributed by atoms with van der Waals surface area (Å²) in [5, 5.41) is 16.6. The number of carbonyl (C=O) groups excluding carboxylic acids is 1. The van der Waals surface area contributed by atoms with E-state index in [1.807, 2.05) is 12.1 Å². The van der Waals surface area contributed by atoms with E-state index in [1.54, 1.807) is 44.3 Å². The summed E-state index contributed by atoms with van der Waals surface area (Å²) in [7, 11) is 0. The number of H-pyrrole nitrogens is 1. The molecule has 5 rings (SSSR count). The Morgan fingerprint density at radius 1 is 1.06 bits per heavy atom. The number of hydrogen-bond donors (Lipinski definition) is 4. The fourth-order valence-corrected chi connectivity index (χ4v) is 3.18. The molecular weight excluding hydrogens is 401 g/mol. The zero-order valence-electron chi connectivity index (χ0n) is 16.7. The van der Waals surface area contributed by atoms with Crippen LogP contribution in [0.5, 0.6) is 5.75 Å². The van der Waals surface area contributed by atoms with Crippen molar-refractivity contribution in [2.45, 2.75) is 19.4 Å². The van der Waals surface area contributed by atoms with Crippen molar-refractivity contribution in [1.82, 2.24) is 20.2 Å². The summed E-state index contributed by atoms with van der Waals surface area (Å²) >= 11 is 0. The van der Waals surface area contributed by atoms with Crippen LogP contribution >= 0.6 is 0 Å². The molecule has 3 heterocycles. The van der Waals surface area contributed by atoms with Gasteiger partial charge in [0.05, 0.1) is 23.6 Å². The van der Waals surface area contributed by atoms with E-state index in [4.69, 9.17) is 4.74 Å². The number of nitrogens with zero attached hydrogens (tertiary/aromatic N) is 3. The highest BCUT2D eigenvalue weighted by Crippen LogP contribution is 2.36. The third-order valence-corrected chi connectivity index (χ3v) is 4.84. The van der Waals surface area contributed by atoms with E-state index < -0.39 is 11.4 Å². The van der Waals surface area contributed by atoms with Gasteiger partial charge in [-0.2, -0.15) is 10.1 Å². The quantitative estimate of drug-likeness (QED) is 0.394. The SMILES string of the molecule is CC1(C)Oc2ccc(Nc3ncc(F)c(Nc4ccc5cn[nH]c5c4)n3)cc2NC1=O. The lowest BCUT2D eigenvalue weighted by Crippen LogP contribution is -2.45. The maximum absolute atomic E-state index is 14.3. The number of aromatic nitrogens is 4. The Morgan fingerprint density at radius 2 is 1.87 bits per heavy atom. The van der Waals surface area contributed by atoms with Crippen LogP contribution in [0.4, 0.5) is 33.2 Å². The molecule has 2 aromatic carbocycles. The standard InChI is InChI=1S/C21H18FN7O2/c1-21(2)19(30)27-16-8-13(5-6-17(16)31-21)26-20-23-10-14(22)18(28-20)25-12-4-3-11-9-24-29-15(11)7-12/h3-10H,1-2H3,(H,24,29)(H,27,30)(H2,23,25,26,28). The number of carbonyl (C=O) groups is 1. The van der Waals surface area contributed by atoms with Gasteiger partial charge in [0.15, 0.2) is 17.2 Å². The number of fused-ring (bicyclic) bond motifs is 2. The van der Waals surface area contributed by atoms with Gasteiger partial charge in [0, 0.05) is 16.8 Å². The Labute approximate surface area is 176 Å². The second-order valence-corrected chi connectivity index (χ2v) is 7.59. The van der Waals surface area contributed by atoms with Crippen LogP contribution in [0.3, 0.4) is 0 Å². The van der Waals surface area contributed by atoms with Gasteiger partial charge in [0.25, 0.3) is 5.91 Å². The van der Waals surface area contributed by atoms with E-state index in [0.29, 0.717) is 22.8 Å². The molecule has 0 unspecified atom stereocenters. The Bertz CT molecular complexity index is 1320. The molecule has 1 aliphatic heterocycles. The second kappa shape index (κ2) is 6.94. The number of ether oxygens (including phenoxy) is 1. The number of rotatable bonds is 4. The number of nitrogens with one attached hydrogen (secondary N) is 4. The van der Waals surface area contributed by atoms with Crippen molar-refractivity contribution in [2.75, 3.05) is 16.0 Å². The minimum atomic E-state index is -0.943. The first kappa shape index (κ1) is 18.8. The van der Waals surface area contributed by atoms with E-state index in [9.17, 15) is 9.18 Å². The molecule has 0 fully saturated rings. The van der Waals surface area contributed by atoms with Crippen LogP contribution in [0.1, 0.15) is 13.8 Å². The number of hydrogen-bond acceptors (Lipinski definition) is 7. The first-order valence-corrected chi connectivity index (χ1v) is 9.52. The molecule has 156 valence electrons. The lowest BCUT2D eigenvalue weighted by atomic mass is 10.1. The molecule has 1 amide bonds. The van der Waals surface area contributed by atoms with Gasteiger partial charge < -0.3 is 20.7 Å². The van der Waals surface area contributed by atoms with Gasteiger partial charge in [-0.3, -0.25) is 9.89 Å². The zero-order chi connectivity index (χ0) is 21.6. The van der Waals surface area contributed by atoms with Gasteiger partial charge in [0.2, 0.25) is 5.95 Å². The first-order valence-electron chi connectivity index (χ1n) is 9.52. The minimum Gasteiger partial charge on any atom is -0.476 e. The fraction of sp³-hybridized carbons (Fsp3) is 0.143. The van der Waals surface area contributed by atoms with Gasteiger partial charge in [0.1, 0.15) is 5.75 Å². The van der Waals surface area contributed by atoms with Gasteiger partial charge in [-0.1, -0.05) is 0 Å². The highest BCUT2D eigenvalue weighted by Gasteiger charge is 2.35. The van der Waals surface area contributed by atoms with Crippen molar-refractivity contribution >= 4 is 45.6 Å². The number of benzene rings is 2. The molecule has 0 bridgehead atoms. The molecule has 0 saturated carbocycles. The molecule has 4 N–H and O–H groups in total. The summed E-state index contributed by atoms with van der Waals surface area (Å²) in [6.45, 7) is 3.39. The molecule has 9 nitrogen and oxygen atoms in total. The number of anilines is 5. The average molecular weight is 419 g/mol. The number of amides is 1. The van der Waals surface area contributed by atoms with Crippen LogP contribution < -0.4 is 20.7 Å². The normalized spacial score (nSPS) is 14.5. The third-order valence-electron chi connectivity index (χ3n) is 4.84. The Morgan fingerprint density at radius 3 is 2.74 bits per heavy atom. The average Bonchev–Trinajstić information content (AvgIpc) is 3.19. The summed E-state index contributed by atoms with van der Waals surface area (Å²) < 4.78 is 20.0. The molecule has 0 radical (unpaired) electrons. The molecule has 0 spiro atoms. The lowest BCUT2D eigenvalue weighted by molar-refractivity contribution is -0.129. The Kier molecular flexibility index (Phi) is 4.21. The lowest BCUT2D eigenvalue weighted by Gasteiger charge is -2.31. The second-order valence-electron chi connectivity index (χ2n) is 7.59. The van der Waals surface area contributed by atoms with E-state index in [1.165, 1.54) is 0 Å². The molecular formula is C21H18FN7O2. The van der Waals surface area contributed by atoms with E-state index in [-0.39, 0.29) is 17.7 Å². The molecule has 31 heavy (non-hydrogen) atoms. The Hall–Kier alpha value is -4.21.